The molecule has 0 radical (unpaired) electrons. The number of thioether (sulfide) groups is 2. The fourth-order valence-electron chi connectivity index (χ4n) is 0.955. The van der Waals surface area contributed by atoms with E-state index in [9.17, 15) is 14.4 Å². The molecule has 1 unspecified atom stereocenters. The van der Waals surface area contributed by atoms with Crippen LogP contribution in [0.1, 0.15) is 27.2 Å². The third-order valence-electron chi connectivity index (χ3n) is 1.55. The van der Waals surface area contributed by atoms with Crippen molar-refractivity contribution in [3.05, 3.63) is 0 Å². The molecule has 0 heterocycles. The van der Waals surface area contributed by atoms with Crippen molar-refractivity contribution in [3.63, 3.8) is 0 Å². The van der Waals surface area contributed by atoms with Gasteiger partial charge in [0.15, 0.2) is 10.2 Å². The summed E-state index contributed by atoms with van der Waals surface area (Å²) in [5, 5.41) is 0.0390. The Hall–Kier alpha value is -0.490. The topological polar surface area (TPSA) is 60.4 Å². The summed E-state index contributed by atoms with van der Waals surface area (Å²) in [4.78, 5) is 32.3. The van der Waals surface area contributed by atoms with E-state index in [1.54, 1.807) is 0 Å². The summed E-state index contributed by atoms with van der Waals surface area (Å²) in [5.74, 6) is 0.695. The summed E-state index contributed by atoms with van der Waals surface area (Å²) in [6.07, 6.45) is 0.294. The van der Waals surface area contributed by atoms with Gasteiger partial charge in [-0.15, -0.1) is 0 Å². The second-order valence-electron chi connectivity index (χ2n) is 3.16. The molecular formula is C10H16O4S2. The van der Waals surface area contributed by atoms with Crippen LogP contribution in [0.5, 0.6) is 0 Å². The lowest BCUT2D eigenvalue weighted by Gasteiger charge is -2.15. The monoisotopic (exact) mass is 264 g/mol. The molecule has 16 heavy (non-hydrogen) atoms. The van der Waals surface area contributed by atoms with Gasteiger partial charge in [-0.25, -0.2) is 0 Å². The summed E-state index contributed by atoms with van der Waals surface area (Å²) in [7, 11) is 0. The summed E-state index contributed by atoms with van der Waals surface area (Å²) in [5.41, 5.74) is 0. The molecule has 0 aliphatic carbocycles. The molecule has 0 bridgehead atoms. The lowest BCUT2D eigenvalue weighted by Crippen LogP contribution is -2.20. The Labute approximate surface area is 104 Å². The standard InChI is InChI=1S/C10H16O4S2/c1-7(11)14-10(6-16-9(3)13)4-5-15-8(2)12/h10H,4-6H2,1-3H3. The average molecular weight is 264 g/mol. The highest BCUT2D eigenvalue weighted by molar-refractivity contribution is 8.13. The first kappa shape index (κ1) is 15.5. The highest BCUT2D eigenvalue weighted by Gasteiger charge is 2.13. The number of hydrogen-bond acceptors (Lipinski definition) is 6. The second-order valence-corrected chi connectivity index (χ2v) is 5.63. The zero-order chi connectivity index (χ0) is 12.6. The van der Waals surface area contributed by atoms with Crippen molar-refractivity contribution in [2.45, 2.75) is 33.3 Å². The second kappa shape index (κ2) is 8.64. The van der Waals surface area contributed by atoms with Crippen LogP contribution >= 0.6 is 23.5 Å². The molecule has 0 aromatic rings. The molecule has 6 heteroatoms. The van der Waals surface area contributed by atoms with Crippen molar-refractivity contribution >= 4 is 39.7 Å². The molecule has 1 atom stereocenters. The molecule has 0 saturated carbocycles. The van der Waals surface area contributed by atoms with Gasteiger partial charge in [-0.1, -0.05) is 23.5 Å². The van der Waals surface area contributed by atoms with Gasteiger partial charge in [0.1, 0.15) is 6.10 Å². The van der Waals surface area contributed by atoms with Crippen molar-refractivity contribution in [1.29, 1.82) is 0 Å². The number of carbonyl (C=O) groups is 3. The molecule has 0 amide bonds. The lowest BCUT2D eigenvalue weighted by molar-refractivity contribution is -0.145. The van der Waals surface area contributed by atoms with Gasteiger partial charge >= 0.3 is 5.97 Å². The van der Waals surface area contributed by atoms with Crippen LogP contribution in [0, 0.1) is 0 Å². The SMILES string of the molecule is CC(=O)OC(CCSC(C)=O)CSC(C)=O. The molecule has 4 nitrogen and oxygen atoms in total. The van der Waals surface area contributed by atoms with Crippen LogP contribution in [-0.4, -0.2) is 33.8 Å². The molecule has 0 aromatic heterocycles. The van der Waals surface area contributed by atoms with Gasteiger partial charge in [-0.2, -0.15) is 0 Å². The Kier molecular flexibility index (Phi) is 8.37. The Bertz CT molecular complexity index is 266. The van der Waals surface area contributed by atoms with Crippen LogP contribution in [-0.2, 0) is 19.1 Å². The van der Waals surface area contributed by atoms with E-state index in [1.165, 1.54) is 32.5 Å². The first-order chi connectivity index (χ1) is 7.41. The van der Waals surface area contributed by atoms with Gasteiger partial charge in [0, 0.05) is 32.3 Å². The minimum atomic E-state index is -0.359. The molecule has 0 saturated heterocycles. The van der Waals surface area contributed by atoms with Gasteiger partial charge < -0.3 is 4.74 Å². The van der Waals surface area contributed by atoms with Crippen molar-refractivity contribution in [2.24, 2.45) is 0 Å². The highest BCUT2D eigenvalue weighted by Crippen LogP contribution is 2.14. The molecule has 0 rings (SSSR count). The van der Waals surface area contributed by atoms with E-state index in [4.69, 9.17) is 4.74 Å². The first-order valence-electron chi connectivity index (χ1n) is 4.85. The van der Waals surface area contributed by atoms with E-state index in [0.717, 1.165) is 11.8 Å². The largest absolute Gasteiger partial charge is 0.462 e. The molecule has 92 valence electrons. The summed E-state index contributed by atoms with van der Waals surface area (Å²) >= 11 is 2.33. The predicted octanol–water partition coefficient (Wildman–Crippen LogP) is 1.87. The van der Waals surface area contributed by atoms with Crippen molar-refractivity contribution in [3.8, 4) is 0 Å². The third kappa shape index (κ3) is 10.0. The average Bonchev–Trinajstić information content (AvgIpc) is 2.12. The van der Waals surface area contributed by atoms with Crippen molar-refractivity contribution < 1.29 is 19.1 Å². The van der Waals surface area contributed by atoms with Crippen LogP contribution in [0.2, 0.25) is 0 Å². The fourth-order valence-corrected chi connectivity index (χ4v) is 2.28. The number of rotatable bonds is 6. The quantitative estimate of drug-likeness (QED) is 0.683. The van der Waals surface area contributed by atoms with Gasteiger partial charge in [0.2, 0.25) is 0 Å². The molecule has 0 aromatic carbocycles. The highest BCUT2D eigenvalue weighted by atomic mass is 32.2. The normalized spacial score (nSPS) is 11.9. The third-order valence-corrected chi connectivity index (χ3v) is 3.34. The summed E-state index contributed by atoms with van der Waals surface area (Å²) in [6, 6.07) is 0. The maximum absolute atomic E-state index is 10.8. The van der Waals surface area contributed by atoms with Crippen LogP contribution in [0.25, 0.3) is 0 Å². The molecule has 0 aliphatic rings. The number of carbonyl (C=O) groups excluding carboxylic acids is 3. The number of hydrogen-bond donors (Lipinski definition) is 0. The van der Waals surface area contributed by atoms with Crippen molar-refractivity contribution in [2.75, 3.05) is 11.5 Å². The van der Waals surface area contributed by atoms with Crippen LogP contribution in [0.15, 0.2) is 0 Å². The van der Waals surface area contributed by atoms with E-state index in [1.807, 2.05) is 0 Å². The zero-order valence-electron chi connectivity index (χ0n) is 9.65. The van der Waals surface area contributed by atoms with E-state index in [2.05, 4.69) is 0 Å². The predicted molar refractivity (Wildman–Crippen MR) is 66.4 cm³/mol. The molecule has 0 aliphatic heterocycles. The summed E-state index contributed by atoms with van der Waals surface area (Å²) < 4.78 is 5.05. The first-order valence-corrected chi connectivity index (χ1v) is 6.83. The van der Waals surface area contributed by atoms with Crippen molar-refractivity contribution in [1.82, 2.24) is 0 Å². The molecule has 0 spiro atoms. The number of esters is 1. The minimum absolute atomic E-state index is 0.00336. The number of ether oxygens (including phenoxy) is 1. The van der Waals surface area contributed by atoms with Gasteiger partial charge in [0.05, 0.1) is 0 Å². The van der Waals surface area contributed by atoms with Crippen LogP contribution in [0.3, 0.4) is 0 Å². The van der Waals surface area contributed by atoms with Gasteiger partial charge in [-0.3, -0.25) is 14.4 Å². The molecule has 0 N–H and O–H groups in total. The van der Waals surface area contributed by atoms with Gasteiger partial charge in [-0.05, 0) is 6.42 Å². The maximum atomic E-state index is 10.8. The van der Waals surface area contributed by atoms with Crippen LogP contribution in [0.4, 0.5) is 0 Å². The maximum Gasteiger partial charge on any atom is 0.302 e. The molecular weight excluding hydrogens is 248 g/mol. The van der Waals surface area contributed by atoms with Crippen LogP contribution < -0.4 is 0 Å². The van der Waals surface area contributed by atoms with E-state index >= 15 is 0 Å². The Morgan fingerprint density at radius 2 is 1.62 bits per heavy atom. The summed E-state index contributed by atoms with van der Waals surface area (Å²) in [6.45, 7) is 4.30. The zero-order valence-corrected chi connectivity index (χ0v) is 11.3. The van der Waals surface area contributed by atoms with E-state index in [0.29, 0.717) is 17.9 Å². The van der Waals surface area contributed by atoms with Gasteiger partial charge in [0.25, 0.3) is 0 Å². The Morgan fingerprint density at radius 3 is 2.06 bits per heavy atom. The Morgan fingerprint density at radius 1 is 1.06 bits per heavy atom. The lowest BCUT2D eigenvalue weighted by atomic mass is 10.3. The smallest absolute Gasteiger partial charge is 0.302 e. The fraction of sp³-hybridized carbons (Fsp3) is 0.700. The Balaban J connectivity index is 3.94. The molecule has 0 fully saturated rings. The van der Waals surface area contributed by atoms with E-state index < -0.39 is 0 Å². The van der Waals surface area contributed by atoms with E-state index in [-0.39, 0.29) is 22.3 Å². The minimum Gasteiger partial charge on any atom is -0.462 e.